The predicted octanol–water partition coefficient (Wildman–Crippen LogP) is 2.04. The molecule has 0 unspecified atom stereocenters. The zero-order valence-electron chi connectivity index (χ0n) is 9.53. The van der Waals surface area contributed by atoms with Crippen LogP contribution in [-0.2, 0) is 6.54 Å². The maximum atomic E-state index is 11.5. The number of urea groups is 1. The first kappa shape index (κ1) is 11.2. The van der Waals surface area contributed by atoms with E-state index in [-0.39, 0.29) is 6.03 Å². The summed E-state index contributed by atoms with van der Waals surface area (Å²) in [4.78, 5) is 18.2. The second-order valence-corrected chi connectivity index (χ2v) is 3.73. The zero-order chi connectivity index (χ0) is 12.1. The molecule has 0 atom stereocenters. The Morgan fingerprint density at radius 2 is 2.12 bits per heavy atom. The lowest BCUT2D eigenvalue weighted by atomic mass is 10.1. The lowest BCUT2D eigenvalue weighted by Gasteiger charge is -2.05. The minimum atomic E-state index is -0.277. The number of aromatic amines is 1. The summed E-state index contributed by atoms with van der Waals surface area (Å²) in [6, 6.07) is 7.73. The summed E-state index contributed by atoms with van der Waals surface area (Å²) in [5.74, 6) is 0.436. The molecule has 1 aromatic heterocycles. The number of hydrogen-bond acceptors (Lipinski definition) is 2. The minimum absolute atomic E-state index is 0.277. The Hall–Kier alpha value is -2.30. The Labute approximate surface area is 99.3 Å². The van der Waals surface area contributed by atoms with E-state index in [0.29, 0.717) is 12.5 Å². The molecule has 5 heteroatoms. The third-order valence-electron chi connectivity index (χ3n) is 2.30. The van der Waals surface area contributed by atoms with Crippen LogP contribution >= 0.6 is 0 Å². The fourth-order valence-electron chi connectivity index (χ4n) is 1.37. The van der Waals surface area contributed by atoms with Gasteiger partial charge in [0.25, 0.3) is 0 Å². The lowest BCUT2D eigenvalue weighted by Crippen LogP contribution is -2.28. The Morgan fingerprint density at radius 1 is 1.35 bits per heavy atom. The van der Waals surface area contributed by atoms with E-state index >= 15 is 0 Å². The van der Waals surface area contributed by atoms with Gasteiger partial charge in [0.15, 0.2) is 0 Å². The van der Waals surface area contributed by atoms with Gasteiger partial charge in [-0.2, -0.15) is 0 Å². The predicted molar refractivity (Wildman–Crippen MR) is 65.6 cm³/mol. The molecule has 0 aliphatic carbocycles. The smallest absolute Gasteiger partial charge is 0.321 e. The fourth-order valence-corrected chi connectivity index (χ4v) is 1.37. The van der Waals surface area contributed by atoms with Crippen molar-refractivity contribution in [2.75, 3.05) is 5.32 Å². The van der Waals surface area contributed by atoms with E-state index in [9.17, 15) is 4.79 Å². The molecular formula is C12H14N4O. The molecule has 5 nitrogen and oxygen atoms in total. The van der Waals surface area contributed by atoms with Crippen molar-refractivity contribution in [3.8, 4) is 0 Å². The van der Waals surface area contributed by atoms with E-state index in [0.717, 1.165) is 5.56 Å². The monoisotopic (exact) mass is 230 g/mol. The molecule has 3 N–H and O–H groups in total. The van der Waals surface area contributed by atoms with Crippen LogP contribution < -0.4 is 10.6 Å². The molecule has 88 valence electrons. The zero-order valence-corrected chi connectivity index (χ0v) is 9.53. The van der Waals surface area contributed by atoms with Gasteiger partial charge in [-0.25, -0.2) is 9.78 Å². The molecule has 0 aliphatic rings. The van der Waals surface area contributed by atoms with E-state index in [1.807, 2.05) is 31.2 Å². The SMILES string of the molecule is Cc1ccc(CNC(=O)Nc2ncc[nH]2)cc1. The highest BCUT2D eigenvalue weighted by atomic mass is 16.2. The van der Waals surface area contributed by atoms with Crippen molar-refractivity contribution in [1.82, 2.24) is 15.3 Å². The number of aryl methyl sites for hydroxylation is 1. The molecule has 0 saturated heterocycles. The number of H-pyrrole nitrogens is 1. The molecule has 2 rings (SSSR count). The highest BCUT2D eigenvalue weighted by Gasteiger charge is 2.02. The second-order valence-electron chi connectivity index (χ2n) is 3.73. The van der Waals surface area contributed by atoms with Crippen LogP contribution in [0.2, 0.25) is 0 Å². The van der Waals surface area contributed by atoms with E-state index < -0.39 is 0 Å². The van der Waals surface area contributed by atoms with Gasteiger partial charge in [-0.15, -0.1) is 0 Å². The average Bonchev–Trinajstić information content (AvgIpc) is 2.81. The average molecular weight is 230 g/mol. The number of carbonyl (C=O) groups excluding carboxylic acids is 1. The Balaban J connectivity index is 1.82. The van der Waals surface area contributed by atoms with Crippen molar-refractivity contribution in [2.24, 2.45) is 0 Å². The largest absolute Gasteiger partial charge is 0.334 e. The van der Waals surface area contributed by atoms with Gasteiger partial charge in [0, 0.05) is 18.9 Å². The van der Waals surface area contributed by atoms with Gasteiger partial charge in [-0.1, -0.05) is 29.8 Å². The molecule has 0 saturated carbocycles. The van der Waals surface area contributed by atoms with Crippen LogP contribution in [0.4, 0.5) is 10.7 Å². The van der Waals surface area contributed by atoms with Crippen molar-refractivity contribution in [3.05, 3.63) is 47.8 Å². The molecule has 1 aromatic carbocycles. The summed E-state index contributed by atoms with van der Waals surface area (Å²) in [5.41, 5.74) is 2.26. The molecular weight excluding hydrogens is 216 g/mol. The number of rotatable bonds is 3. The summed E-state index contributed by atoms with van der Waals surface area (Å²) >= 11 is 0. The first-order chi connectivity index (χ1) is 8.24. The number of anilines is 1. The molecule has 2 amide bonds. The summed E-state index contributed by atoms with van der Waals surface area (Å²) in [7, 11) is 0. The van der Waals surface area contributed by atoms with Gasteiger partial charge in [0.2, 0.25) is 5.95 Å². The first-order valence-electron chi connectivity index (χ1n) is 5.34. The number of aromatic nitrogens is 2. The molecule has 0 bridgehead atoms. The van der Waals surface area contributed by atoms with Crippen LogP contribution in [-0.4, -0.2) is 16.0 Å². The van der Waals surface area contributed by atoms with Crippen LogP contribution in [0.25, 0.3) is 0 Å². The van der Waals surface area contributed by atoms with Gasteiger partial charge in [0.05, 0.1) is 0 Å². The molecule has 0 aliphatic heterocycles. The number of imidazole rings is 1. The Morgan fingerprint density at radius 3 is 2.76 bits per heavy atom. The first-order valence-corrected chi connectivity index (χ1v) is 5.34. The number of carbonyl (C=O) groups is 1. The van der Waals surface area contributed by atoms with E-state index in [1.54, 1.807) is 12.4 Å². The molecule has 17 heavy (non-hydrogen) atoms. The second kappa shape index (κ2) is 5.16. The van der Waals surface area contributed by atoms with E-state index in [4.69, 9.17) is 0 Å². The van der Waals surface area contributed by atoms with E-state index in [2.05, 4.69) is 20.6 Å². The van der Waals surface area contributed by atoms with Crippen LogP contribution in [0.1, 0.15) is 11.1 Å². The summed E-state index contributed by atoms with van der Waals surface area (Å²) in [5, 5.41) is 5.33. The van der Waals surface area contributed by atoms with Crippen LogP contribution in [0.15, 0.2) is 36.7 Å². The van der Waals surface area contributed by atoms with Crippen LogP contribution in [0.5, 0.6) is 0 Å². The molecule has 1 heterocycles. The molecule has 0 spiro atoms. The Bertz CT molecular complexity index is 476. The summed E-state index contributed by atoms with van der Waals surface area (Å²) in [6.45, 7) is 2.52. The summed E-state index contributed by atoms with van der Waals surface area (Å²) in [6.07, 6.45) is 3.23. The van der Waals surface area contributed by atoms with Gasteiger partial charge in [-0.3, -0.25) is 5.32 Å². The quantitative estimate of drug-likeness (QED) is 0.755. The molecule has 2 aromatic rings. The van der Waals surface area contributed by atoms with Gasteiger partial charge in [-0.05, 0) is 12.5 Å². The molecule has 0 fully saturated rings. The van der Waals surface area contributed by atoms with Crippen molar-refractivity contribution < 1.29 is 4.79 Å². The van der Waals surface area contributed by atoms with Gasteiger partial charge >= 0.3 is 6.03 Å². The van der Waals surface area contributed by atoms with Crippen molar-refractivity contribution in [3.63, 3.8) is 0 Å². The number of amides is 2. The maximum Gasteiger partial charge on any atom is 0.321 e. The fraction of sp³-hybridized carbons (Fsp3) is 0.167. The van der Waals surface area contributed by atoms with Gasteiger partial charge < -0.3 is 10.3 Å². The number of hydrogen-bond donors (Lipinski definition) is 3. The number of nitrogens with one attached hydrogen (secondary N) is 3. The van der Waals surface area contributed by atoms with Gasteiger partial charge in [0.1, 0.15) is 0 Å². The molecule has 0 radical (unpaired) electrons. The number of benzene rings is 1. The minimum Gasteiger partial charge on any atom is -0.334 e. The third-order valence-corrected chi connectivity index (χ3v) is 2.30. The Kier molecular flexibility index (Phi) is 3.40. The maximum absolute atomic E-state index is 11.5. The standard InChI is InChI=1S/C12H14N4O/c1-9-2-4-10(5-3-9)8-15-12(17)16-11-13-6-7-14-11/h2-7H,8H2,1H3,(H3,13,14,15,16,17). The van der Waals surface area contributed by atoms with Crippen LogP contribution in [0.3, 0.4) is 0 Å². The third kappa shape index (κ3) is 3.34. The van der Waals surface area contributed by atoms with E-state index in [1.165, 1.54) is 5.56 Å². The van der Waals surface area contributed by atoms with Crippen molar-refractivity contribution >= 4 is 12.0 Å². The highest BCUT2D eigenvalue weighted by Crippen LogP contribution is 2.02. The van der Waals surface area contributed by atoms with Crippen molar-refractivity contribution in [2.45, 2.75) is 13.5 Å². The normalized spacial score (nSPS) is 9.94. The van der Waals surface area contributed by atoms with Crippen LogP contribution in [0, 0.1) is 6.92 Å². The topological polar surface area (TPSA) is 69.8 Å². The lowest BCUT2D eigenvalue weighted by molar-refractivity contribution is 0.251. The number of nitrogens with zero attached hydrogens (tertiary/aromatic N) is 1. The summed E-state index contributed by atoms with van der Waals surface area (Å²) < 4.78 is 0. The van der Waals surface area contributed by atoms with Crippen molar-refractivity contribution in [1.29, 1.82) is 0 Å². The highest BCUT2D eigenvalue weighted by molar-refractivity contribution is 5.87.